The van der Waals surface area contributed by atoms with E-state index in [0.717, 1.165) is 30.0 Å². The van der Waals surface area contributed by atoms with Crippen molar-refractivity contribution in [3.63, 3.8) is 0 Å². The molecule has 1 saturated carbocycles. The molecule has 1 aliphatic heterocycles. The summed E-state index contributed by atoms with van der Waals surface area (Å²) in [6.07, 6.45) is -0.224. The van der Waals surface area contributed by atoms with Crippen LogP contribution in [0.2, 0.25) is 0 Å². The van der Waals surface area contributed by atoms with Crippen LogP contribution in [0.3, 0.4) is 0 Å². The van der Waals surface area contributed by atoms with Gasteiger partial charge >= 0.3 is 6.18 Å². The Bertz CT molecular complexity index is 895. The van der Waals surface area contributed by atoms with Crippen molar-refractivity contribution in [2.45, 2.75) is 25.4 Å². The minimum Gasteiger partial charge on any atom is -0.339 e. The summed E-state index contributed by atoms with van der Waals surface area (Å²) in [5, 5.41) is 3.53. The number of hydrogen-bond donors (Lipinski definition) is 0. The number of carbonyl (C=O) groups is 2. The number of halogens is 3. The predicted molar refractivity (Wildman–Crippen MR) is 98.4 cm³/mol. The molecule has 2 aromatic rings. The Hall–Kier alpha value is -2.84. The van der Waals surface area contributed by atoms with Crippen LogP contribution < -0.4 is 0 Å². The first-order valence-electron chi connectivity index (χ1n) is 9.64. The molecule has 6 nitrogen and oxygen atoms in total. The highest BCUT2D eigenvalue weighted by Crippen LogP contribution is 2.29. The van der Waals surface area contributed by atoms with Crippen LogP contribution in [0, 0.1) is 5.92 Å². The maximum absolute atomic E-state index is 12.7. The van der Waals surface area contributed by atoms with Gasteiger partial charge in [-0.1, -0.05) is 6.42 Å². The molecular formula is C20H21F3N4O2. The number of amides is 2. The van der Waals surface area contributed by atoms with Crippen LogP contribution >= 0.6 is 0 Å². The van der Waals surface area contributed by atoms with Gasteiger partial charge in [-0.15, -0.1) is 0 Å². The quantitative estimate of drug-likeness (QED) is 0.788. The van der Waals surface area contributed by atoms with Gasteiger partial charge in [-0.2, -0.15) is 18.3 Å². The van der Waals surface area contributed by atoms with Crippen molar-refractivity contribution >= 4 is 11.8 Å². The lowest BCUT2D eigenvalue weighted by Crippen LogP contribution is -2.52. The first kappa shape index (κ1) is 19.5. The number of alkyl halides is 3. The largest absolute Gasteiger partial charge is 0.435 e. The number of piperazine rings is 1. The highest BCUT2D eigenvalue weighted by molar-refractivity contribution is 5.94. The van der Waals surface area contributed by atoms with Gasteiger partial charge in [0.1, 0.15) is 0 Å². The SMILES string of the molecule is O=C(c1ccc(-n2ccc(C(F)(F)F)n2)cc1)N1CCN(C(=O)C2CCC2)CC1. The zero-order valence-corrected chi connectivity index (χ0v) is 15.7. The zero-order chi connectivity index (χ0) is 20.6. The first-order chi connectivity index (χ1) is 13.8. The fraction of sp³-hybridized carbons (Fsp3) is 0.450. The third-order valence-corrected chi connectivity index (χ3v) is 5.59. The van der Waals surface area contributed by atoms with E-state index in [1.807, 2.05) is 4.90 Å². The monoisotopic (exact) mass is 406 g/mol. The van der Waals surface area contributed by atoms with Gasteiger partial charge in [0.2, 0.25) is 5.91 Å². The molecule has 0 bridgehead atoms. The lowest BCUT2D eigenvalue weighted by atomic mass is 9.84. The van der Waals surface area contributed by atoms with E-state index in [9.17, 15) is 22.8 Å². The molecule has 2 aliphatic rings. The summed E-state index contributed by atoms with van der Waals surface area (Å²) < 4.78 is 39.2. The molecule has 1 saturated heterocycles. The fourth-order valence-corrected chi connectivity index (χ4v) is 3.60. The highest BCUT2D eigenvalue weighted by Gasteiger charge is 2.34. The molecule has 0 spiro atoms. The molecule has 9 heteroatoms. The number of nitrogens with zero attached hydrogens (tertiary/aromatic N) is 4. The molecule has 2 amide bonds. The zero-order valence-electron chi connectivity index (χ0n) is 15.7. The van der Waals surface area contributed by atoms with Crippen LogP contribution in [0.4, 0.5) is 13.2 Å². The van der Waals surface area contributed by atoms with E-state index in [0.29, 0.717) is 37.4 Å². The van der Waals surface area contributed by atoms with Gasteiger partial charge in [-0.05, 0) is 43.2 Å². The van der Waals surface area contributed by atoms with Gasteiger partial charge in [0, 0.05) is 43.9 Å². The molecule has 2 fully saturated rings. The summed E-state index contributed by atoms with van der Waals surface area (Å²) in [7, 11) is 0. The molecule has 0 atom stereocenters. The summed E-state index contributed by atoms with van der Waals surface area (Å²) >= 11 is 0. The standard InChI is InChI=1S/C20H21F3N4O2/c21-20(22,23)17-8-9-27(24-17)16-6-4-15(5-7-16)19(29)26-12-10-25(11-13-26)18(28)14-2-1-3-14/h4-9,14H,1-3,10-13H2. The number of carbonyl (C=O) groups excluding carboxylic acids is 2. The van der Waals surface area contributed by atoms with Crippen molar-refractivity contribution in [1.82, 2.24) is 19.6 Å². The summed E-state index contributed by atoms with van der Waals surface area (Å²) in [6.45, 7) is 2.03. The van der Waals surface area contributed by atoms with Crippen molar-refractivity contribution < 1.29 is 22.8 Å². The van der Waals surface area contributed by atoms with Crippen LogP contribution in [-0.4, -0.2) is 57.6 Å². The summed E-state index contributed by atoms with van der Waals surface area (Å²) in [6, 6.07) is 7.20. The van der Waals surface area contributed by atoms with Crippen molar-refractivity contribution in [2.24, 2.45) is 5.92 Å². The van der Waals surface area contributed by atoms with E-state index in [1.165, 1.54) is 6.20 Å². The highest BCUT2D eigenvalue weighted by atomic mass is 19.4. The summed E-state index contributed by atoms with van der Waals surface area (Å²) in [4.78, 5) is 28.6. The predicted octanol–water partition coefficient (Wildman–Crippen LogP) is 2.98. The Kier molecular flexibility index (Phi) is 5.06. The van der Waals surface area contributed by atoms with Gasteiger partial charge in [0.15, 0.2) is 5.69 Å². The second-order valence-electron chi connectivity index (χ2n) is 7.44. The molecule has 0 unspecified atom stereocenters. The lowest BCUT2D eigenvalue weighted by Gasteiger charge is -2.38. The van der Waals surface area contributed by atoms with E-state index in [4.69, 9.17) is 0 Å². The van der Waals surface area contributed by atoms with Crippen molar-refractivity contribution in [3.05, 3.63) is 47.8 Å². The Morgan fingerprint density at radius 3 is 2.07 bits per heavy atom. The third kappa shape index (κ3) is 3.99. The maximum Gasteiger partial charge on any atom is 0.435 e. The van der Waals surface area contributed by atoms with Gasteiger partial charge in [0.25, 0.3) is 5.91 Å². The summed E-state index contributed by atoms with van der Waals surface area (Å²) in [5.41, 5.74) is -0.0735. The molecule has 29 heavy (non-hydrogen) atoms. The van der Waals surface area contributed by atoms with Crippen LogP contribution in [-0.2, 0) is 11.0 Å². The second-order valence-corrected chi connectivity index (χ2v) is 7.44. The normalized spacial score (nSPS) is 17.9. The molecular weight excluding hydrogens is 385 g/mol. The van der Waals surface area contributed by atoms with Crippen molar-refractivity contribution in [1.29, 1.82) is 0 Å². The van der Waals surface area contributed by atoms with Gasteiger partial charge < -0.3 is 9.80 Å². The van der Waals surface area contributed by atoms with E-state index in [-0.39, 0.29) is 17.7 Å². The fourth-order valence-electron chi connectivity index (χ4n) is 3.60. The molecule has 154 valence electrons. The molecule has 1 aliphatic carbocycles. The third-order valence-electron chi connectivity index (χ3n) is 5.59. The number of aromatic nitrogens is 2. The number of benzene rings is 1. The van der Waals surface area contributed by atoms with Crippen LogP contribution in [0.15, 0.2) is 36.5 Å². The van der Waals surface area contributed by atoms with Crippen LogP contribution in [0.5, 0.6) is 0 Å². The molecule has 0 N–H and O–H groups in total. The van der Waals surface area contributed by atoms with Crippen LogP contribution in [0.25, 0.3) is 5.69 Å². The van der Waals surface area contributed by atoms with Crippen molar-refractivity contribution in [2.75, 3.05) is 26.2 Å². The second kappa shape index (κ2) is 7.53. The molecule has 1 aromatic heterocycles. The van der Waals surface area contributed by atoms with E-state index in [2.05, 4.69) is 5.10 Å². The first-order valence-corrected chi connectivity index (χ1v) is 9.64. The Balaban J connectivity index is 1.37. The molecule has 4 rings (SSSR count). The molecule has 2 heterocycles. The van der Waals surface area contributed by atoms with Crippen LogP contribution in [0.1, 0.15) is 35.3 Å². The Morgan fingerprint density at radius 1 is 0.931 bits per heavy atom. The topological polar surface area (TPSA) is 58.4 Å². The number of hydrogen-bond acceptors (Lipinski definition) is 3. The lowest BCUT2D eigenvalue weighted by molar-refractivity contribution is -0.141. The van der Waals surface area contributed by atoms with E-state index < -0.39 is 11.9 Å². The molecule has 1 aromatic carbocycles. The van der Waals surface area contributed by atoms with Gasteiger partial charge in [-0.25, -0.2) is 4.68 Å². The average Bonchev–Trinajstić information content (AvgIpc) is 3.17. The van der Waals surface area contributed by atoms with Gasteiger partial charge in [0.05, 0.1) is 5.69 Å². The Morgan fingerprint density at radius 2 is 1.55 bits per heavy atom. The number of rotatable bonds is 3. The minimum absolute atomic E-state index is 0.149. The summed E-state index contributed by atoms with van der Waals surface area (Å²) in [5.74, 6) is 0.207. The molecule has 0 radical (unpaired) electrons. The average molecular weight is 406 g/mol. The minimum atomic E-state index is -4.50. The van der Waals surface area contributed by atoms with Crippen molar-refractivity contribution in [3.8, 4) is 5.69 Å². The van der Waals surface area contributed by atoms with Gasteiger partial charge in [-0.3, -0.25) is 9.59 Å². The smallest absolute Gasteiger partial charge is 0.339 e. The maximum atomic E-state index is 12.7. The van der Waals surface area contributed by atoms with E-state index in [1.54, 1.807) is 29.2 Å². The van der Waals surface area contributed by atoms with E-state index >= 15 is 0 Å². The Labute approximate surface area is 165 Å².